The van der Waals surface area contributed by atoms with Gasteiger partial charge in [0.25, 0.3) is 0 Å². The van der Waals surface area contributed by atoms with Crippen molar-refractivity contribution in [1.29, 1.82) is 0 Å². The monoisotopic (exact) mass is 186 g/mol. The van der Waals surface area contributed by atoms with Gasteiger partial charge < -0.3 is 9.47 Å². The van der Waals surface area contributed by atoms with Crippen LogP contribution in [0.3, 0.4) is 0 Å². The molecule has 0 bridgehead atoms. The Kier molecular flexibility index (Phi) is 8.05. The predicted octanol–water partition coefficient (Wildman–Crippen LogP) is 2.78. The Morgan fingerprint density at radius 1 is 0.923 bits per heavy atom. The van der Waals surface area contributed by atoms with E-state index in [2.05, 4.69) is 6.08 Å². The number of rotatable bonds is 7. The van der Waals surface area contributed by atoms with E-state index in [0.29, 0.717) is 18.8 Å². The standard InChI is InChI=1S/C11H22O2/c1-10(2)12-8-6-5-7-9-13-11(3)4/h5-6,10-11H,7-9H2,1-4H3/b6-5-. The first-order valence-electron chi connectivity index (χ1n) is 5.01. The van der Waals surface area contributed by atoms with E-state index in [1.54, 1.807) is 0 Å². The molecule has 0 saturated heterocycles. The zero-order valence-corrected chi connectivity index (χ0v) is 9.25. The summed E-state index contributed by atoms with van der Waals surface area (Å²) in [5.41, 5.74) is 0. The Hall–Kier alpha value is -0.340. The summed E-state index contributed by atoms with van der Waals surface area (Å²) in [4.78, 5) is 0. The van der Waals surface area contributed by atoms with Gasteiger partial charge in [0, 0.05) is 0 Å². The lowest BCUT2D eigenvalue weighted by Gasteiger charge is -2.05. The van der Waals surface area contributed by atoms with E-state index in [4.69, 9.17) is 9.47 Å². The fourth-order valence-corrected chi connectivity index (χ4v) is 0.806. The van der Waals surface area contributed by atoms with Crippen LogP contribution in [0.15, 0.2) is 12.2 Å². The highest BCUT2D eigenvalue weighted by molar-refractivity contribution is 4.81. The van der Waals surface area contributed by atoms with Crippen LogP contribution in [-0.2, 0) is 9.47 Å². The fourth-order valence-electron chi connectivity index (χ4n) is 0.806. The molecule has 0 radical (unpaired) electrons. The molecule has 0 amide bonds. The molecule has 0 unspecified atom stereocenters. The van der Waals surface area contributed by atoms with E-state index in [0.717, 1.165) is 13.0 Å². The van der Waals surface area contributed by atoms with Gasteiger partial charge in [-0.15, -0.1) is 0 Å². The summed E-state index contributed by atoms with van der Waals surface area (Å²) in [7, 11) is 0. The fraction of sp³-hybridized carbons (Fsp3) is 0.818. The minimum atomic E-state index is 0.316. The lowest BCUT2D eigenvalue weighted by atomic mass is 10.4. The van der Waals surface area contributed by atoms with Crippen molar-refractivity contribution in [3.8, 4) is 0 Å². The number of ether oxygens (including phenoxy) is 2. The zero-order chi connectivity index (χ0) is 10.1. The molecule has 0 aliphatic heterocycles. The lowest BCUT2D eigenvalue weighted by Crippen LogP contribution is -2.03. The third-order valence-electron chi connectivity index (χ3n) is 1.43. The Morgan fingerprint density at radius 3 is 2.08 bits per heavy atom. The maximum absolute atomic E-state index is 5.38. The summed E-state index contributed by atoms with van der Waals surface area (Å²) in [5.74, 6) is 0. The highest BCUT2D eigenvalue weighted by Crippen LogP contribution is 1.92. The largest absolute Gasteiger partial charge is 0.378 e. The molecule has 2 nitrogen and oxygen atoms in total. The van der Waals surface area contributed by atoms with Crippen molar-refractivity contribution in [1.82, 2.24) is 0 Å². The van der Waals surface area contributed by atoms with Gasteiger partial charge in [-0.25, -0.2) is 0 Å². The first kappa shape index (κ1) is 12.7. The van der Waals surface area contributed by atoms with E-state index in [-0.39, 0.29) is 0 Å². The zero-order valence-electron chi connectivity index (χ0n) is 9.25. The minimum absolute atomic E-state index is 0.316. The van der Waals surface area contributed by atoms with Crippen LogP contribution in [0.1, 0.15) is 34.1 Å². The molecule has 0 aromatic carbocycles. The summed E-state index contributed by atoms with van der Waals surface area (Å²) >= 11 is 0. The van der Waals surface area contributed by atoms with Crippen molar-refractivity contribution in [2.75, 3.05) is 13.2 Å². The van der Waals surface area contributed by atoms with E-state index in [9.17, 15) is 0 Å². The van der Waals surface area contributed by atoms with Crippen LogP contribution < -0.4 is 0 Å². The van der Waals surface area contributed by atoms with Crippen molar-refractivity contribution >= 4 is 0 Å². The summed E-state index contributed by atoms with van der Waals surface area (Å²) < 4.78 is 10.7. The molecular weight excluding hydrogens is 164 g/mol. The van der Waals surface area contributed by atoms with Gasteiger partial charge in [-0.2, -0.15) is 0 Å². The Labute approximate surface area is 81.9 Å². The molecule has 0 aliphatic rings. The molecule has 2 heteroatoms. The molecule has 0 aromatic heterocycles. The second-order valence-corrected chi connectivity index (χ2v) is 3.56. The number of hydrogen-bond acceptors (Lipinski definition) is 2. The molecule has 0 heterocycles. The van der Waals surface area contributed by atoms with E-state index < -0.39 is 0 Å². The Bertz CT molecular complexity index is 128. The van der Waals surface area contributed by atoms with Crippen LogP contribution in [0.5, 0.6) is 0 Å². The maximum atomic E-state index is 5.38. The topological polar surface area (TPSA) is 18.5 Å². The molecule has 78 valence electrons. The minimum Gasteiger partial charge on any atom is -0.378 e. The van der Waals surface area contributed by atoms with Gasteiger partial charge in [0.1, 0.15) is 0 Å². The molecule has 0 fully saturated rings. The van der Waals surface area contributed by atoms with Crippen molar-refractivity contribution in [2.24, 2.45) is 0 Å². The van der Waals surface area contributed by atoms with Gasteiger partial charge in [0.05, 0.1) is 25.4 Å². The number of hydrogen-bond donors (Lipinski definition) is 0. The SMILES string of the molecule is CC(C)OC/C=C\CCOC(C)C. The van der Waals surface area contributed by atoms with Gasteiger partial charge in [-0.1, -0.05) is 12.2 Å². The van der Waals surface area contributed by atoms with Crippen LogP contribution in [0.2, 0.25) is 0 Å². The van der Waals surface area contributed by atoms with Crippen molar-refractivity contribution in [3.05, 3.63) is 12.2 Å². The van der Waals surface area contributed by atoms with E-state index in [1.165, 1.54) is 0 Å². The van der Waals surface area contributed by atoms with Crippen LogP contribution >= 0.6 is 0 Å². The quantitative estimate of drug-likeness (QED) is 0.449. The van der Waals surface area contributed by atoms with Crippen molar-refractivity contribution < 1.29 is 9.47 Å². The Balaban J connectivity index is 3.13. The molecular formula is C11H22O2. The Morgan fingerprint density at radius 2 is 1.54 bits per heavy atom. The van der Waals surface area contributed by atoms with Crippen molar-refractivity contribution in [3.63, 3.8) is 0 Å². The second-order valence-electron chi connectivity index (χ2n) is 3.56. The molecule has 13 heavy (non-hydrogen) atoms. The van der Waals surface area contributed by atoms with Gasteiger partial charge in [0.15, 0.2) is 0 Å². The van der Waals surface area contributed by atoms with Crippen molar-refractivity contribution in [2.45, 2.75) is 46.3 Å². The average molecular weight is 186 g/mol. The van der Waals surface area contributed by atoms with Gasteiger partial charge in [-0.3, -0.25) is 0 Å². The van der Waals surface area contributed by atoms with E-state index in [1.807, 2.05) is 33.8 Å². The summed E-state index contributed by atoms with van der Waals surface area (Å²) in [6.45, 7) is 9.68. The first-order chi connectivity index (χ1) is 6.13. The van der Waals surface area contributed by atoms with Crippen LogP contribution in [0, 0.1) is 0 Å². The molecule has 0 aromatic rings. The predicted molar refractivity (Wildman–Crippen MR) is 55.9 cm³/mol. The summed E-state index contributed by atoms with van der Waals surface area (Å²) in [6, 6.07) is 0. The van der Waals surface area contributed by atoms with Gasteiger partial charge in [0.2, 0.25) is 0 Å². The normalized spacial score (nSPS) is 12.2. The summed E-state index contributed by atoms with van der Waals surface area (Å²) in [6.07, 6.45) is 5.77. The highest BCUT2D eigenvalue weighted by Gasteiger charge is 1.90. The molecule has 0 N–H and O–H groups in total. The molecule has 0 saturated carbocycles. The lowest BCUT2D eigenvalue weighted by molar-refractivity contribution is 0.0820. The maximum Gasteiger partial charge on any atom is 0.0650 e. The third kappa shape index (κ3) is 11.7. The third-order valence-corrected chi connectivity index (χ3v) is 1.43. The highest BCUT2D eigenvalue weighted by atomic mass is 16.5. The first-order valence-corrected chi connectivity index (χ1v) is 5.01. The van der Waals surface area contributed by atoms with Gasteiger partial charge >= 0.3 is 0 Å². The molecule has 0 spiro atoms. The van der Waals surface area contributed by atoms with E-state index >= 15 is 0 Å². The van der Waals surface area contributed by atoms with Crippen LogP contribution in [0.25, 0.3) is 0 Å². The second kappa shape index (κ2) is 8.27. The molecule has 0 rings (SSSR count). The van der Waals surface area contributed by atoms with Gasteiger partial charge in [-0.05, 0) is 34.1 Å². The molecule has 0 aliphatic carbocycles. The average Bonchev–Trinajstić information content (AvgIpc) is 2.01. The molecule has 0 atom stereocenters. The summed E-state index contributed by atoms with van der Waals surface area (Å²) in [5, 5.41) is 0. The van der Waals surface area contributed by atoms with Crippen LogP contribution in [0.4, 0.5) is 0 Å². The van der Waals surface area contributed by atoms with Crippen LogP contribution in [-0.4, -0.2) is 25.4 Å². The smallest absolute Gasteiger partial charge is 0.0650 e.